The van der Waals surface area contributed by atoms with E-state index in [0.29, 0.717) is 0 Å². The standard InChI is InChI=1S/C5H11N3/c1-7-4-2-8(6)3-5(4)7/h4-5H,2-3,6H2,1H3. The maximum absolute atomic E-state index is 5.52. The minimum Gasteiger partial charge on any atom is -0.295 e. The molecule has 3 nitrogen and oxygen atoms in total. The van der Waals surface area contributed by atoms with Crippen molar-refractivity contribution in [1.82, 2.24) is 9.91 Å². The van der Waals surface area contributed by atoms with E-state index in [0.717, 1.165) is 25.2 Å². The minimum absolute atomic E-state index is 0.792. The van der Waals surface area contributed by atoms with Crippen molar-refractivity contribution in [2.75, 3.05) is 20.1 Å². The van der Waals surface area contributed by atoms with Crippen LogP contribution in [0.3, 0.4) is 0 Å². The Labute approximate surface area is 49.0 Å². The summed E-state index contributed by atoms with van der Waals surface area (Å²) in [7, 11) is 2.16. The molecule has 0 aromatic heterocycles. The Morgan fingerprint density at radius 2 is 1.88 bits per heavy atom. The molecule has 2 saturated heterocycles. The first-order chi connectivity index (χ1) is 3.79. The number of rotatable bonds is 0. The monoisotopic (exact) mass is 113 g/mol. The zero-order chi connectivity index (χ0) is 5.72. The number of nitrogens with two attached hydrogens (primary N) is 1. The lowest BCUT2D eigenvalue weighted by Crippen LogP contribution is -2.34. The summed E-state index contributed by atoms with van der Waals surface area (Å²) >= 11 is 0. The lowest BCUT2D eigenvalue weighted by atomic mass is 10.4. The molecular weight excluding hydrogens is 102 g/mol. The van der Waals surface area contributed by atoms with Gasteiger partial charge in [0.05, 0.1) is 0 Å². The molecule has 0 aromatic carbocycles. The summed E-state index contributed by atoms with van der Waals surface area (Å²) in [6.07, 6.45) is 0. The molecule has 2 heterocycles. The normalized spacial score (nSPS) is 54.0. The fourth-order valence-corrected chi connectivity index (χ4v) is 1.53. The lowest BCUT2D eigenvalue weighted by molar-refractivity contribution is 0.280. The Morgan fingerprint density at radius 1 is 1.38 bits per heavy atom. The molecular formula is C5H11N3. The number of piperazine rings is 1. The van der Waals surface area contributed by atoms with Gasteiger partial charge >= 0.3 is 0 Å². The summed E-state index contributed by atoms with van der Waals surface area (Å²) in [5, 5.41) is 1.90. The maximum Gasteiger partial charge on any atom is 0.0406 e. The van der Waals surface area contributed by atoms with Gasteiger partial charge in [0.2, 0.25) is 0 Å². The number of hydrogen-bond donors (Lipinski definition) is 1. The Kier molecular flexibility index (Phi) is 0.730. The van der Waals surface area contributed by atoms with Gasteiger partial charge in [-0.1, -0.05) is 0 Å². The highest BCUT2D eigenvalue weighted by atomic mass is 15.5. The molecule has 2 fully saturated rings. The summed E-state index contributed by atoms with van der Waals surface area (Å²) in [6.45, 7) is 2.14. The van der Waals surface area contributed by atoms with Crippen LogP contribution in [-0.2, 0) is 0 Å². The number of hydrogen-bond acceptors (Lipinski definition) is 3. The van der Waals surface area contributed by atoms with Crippen molar-refractivity contribution in [3.63, 3.8) is 0 Å². The van der Waals surface area contributed by atoms with Gasteiger partial charge in [-0.2, -0.15) is 0 Å². The van der Waals surface area contributed by atoms with Crippen LogP contribution in [0.5, 0.6) is 0 Å². The predicted molar refractivity (Wildman–Crippen MR) is 31.1 cm³/mol. The first-order valence-corrected chi connectivity index (χ1v) is 3.00. The van der Waals surface area contributed by atoms with E-state index in [2.05, 4.69) is 11.9 Å². The van der Waals surface area contributed by atoms with Crippen molar-refractivity contribution in [2.24, 2.45) is 5.84 Å². The smallest absolute Gasteiger partial charge is 0.0406 e. The van der Waals surface area contributed by atoms with Gasteiger partial charge in [0.25, 0.3) is 0 Å². The third-order valence-electron chi connectivity index (χ3n) is 2.24. The van der Waals surface area contributed by atoms with Crippen molar-refractivity contribution >= 4 is 0 Å². The molecule has 0 spiro atoms. The average molecular weight is 113 g/mol. The Bertz CT molecular complexity index is 102. The van der Waals surface area contributed by atoms with Crippen LogP contribution in [0.15, 0.2) is 0 Å². The van der Waals surface area contributed by atoms with Crippen molar-refractivity contribution < 1.29 is 0 Å². The third-order valence-corrected chi connectivity index (χ3v) is 2.24. The Hall–Kier alpha value is -0.120. The van der Waals surface area contributed by atoms with Gasteiger partial charge in [-0.3, -0.25) is 10.7 Å². The van der Waals surface area contributed by atoms with Crippen LogP contribution in [0, 0.1) is 0 Å². The zero-order valence-corrected chi connectivity index (χ0v) is 5.04. The topological polar surface area (TPSA) is 32.3 Å². The van der Waals surface area contributed by atoms with Crippen LogP contribution in [0.4, 0.5) is 0 Å². The van der Waals surface area contributed by atoms with Gasteiger partial charge in [-0.15, -0.1) is 0 Å². The summed E-state index contributed by atoms with van der Waals surface area (Å²) < 4.78 is 0. The molecule has 2 aliphatic heterocycles. The molecule has 0 amide bonds. The summed E-state index contributed by atoms with van der Waals surface area (Å²) in [5.41, 5.74) is 0. The van der Waals surface area contributed by atoms with Crippen LogP contribution in [0.25, 0.3) is 0 Å². The molecule has 0 bridgehead atoms. The largest absolute Gasteiger partial charge is 0.295 e. The Balaban J connectivity index is 2.00. The van der Waals surface area contributed by atoms with E-state index in [9.17, 15) is 0 Å². The molecule has 2 N–H and O–H groups in total. The first kappa shape index (κ1) is 4.73. The minimum atomic E-state index is 0.792. The predicted octanol–water partition coefficient (Wildman–Crippen LogP) is -1.14. The SMILES string of the molecule is CN1C2CN(N)CC21. The van der Waals surface area contributed by atoms with Gasteiger partial charge in [0.15, 0.2) is 0 Å². The second-order valence-electron chi connectivity index (χ2n) is 2.75. The number of fused-ring (bicyclic) bond motifs is 1. The Morgan fingerprint density at radius 3 is 2.25 bits per heavy atom. The van der Waals surface area contributed by atoms with Gasteiger partial charge in [-0.25, -0.2) is 5.01 Å². The molecule has 2 unspecified atom stereocenters. The van der Waals surface area contributed by atoms with Crippen molar-refractivity contribution in [2.45, 2.75) is 12.1 Å². The molecule has 46 valence electrons. The van der Waals surface area contributed by atoms with Crippen molar-refractivity contribution in [3.05, 3.63) is 0 Å². The van der Waals surface area contributed by atoms with Gasteiger partial charge in [0.1, 0.15) is 0 Å². The second kappa shape index (κ2) is 1.23. The average Bonchev–Trinajstić information content (AvgIpc) is 2.29. The fourth-order valence-electron chi connectivity index (χ4n) is 1.53. The molecule has 3 heteroatoms. The van der Waals surface area contributed by atoms with E-state index in [4.69, 9.17) is 5.84 Å². The third kappa shape index (κ3) is 0.438. The highest BCUT2D eigenvalue weighted by molar-refractivity contribution is 5.07. The quantitative estimate of drug-likeness (QED) is 0.318. The van der Waals surface area contributed by atoms with Gasteiger partial charge in [-0.05, 0) is 7.05 Å². The molecule has 0 radical (unpaired) electrons. The first-order valence-electron chi connectivity index (χ1n) is 3.00. The van der Waals surface area contributed by atoms with Crippen molar-refractivity contribution in [3.8, 4) is 0 Å². The highest BCUT2D eigenvalue weighted by Crippen LogP contribution is 2.31. The van der Waals surface area contributed by atoms with Crippen LogP contribution in [-0.4, -0.2) is 42.1 Å². The second-order valence-corrected chi connectivity index (χ2v) is 2.75. The number of nitrogens with zero attached hydrogens (tertiary/aromatic N) is 2. The van der Waals surface area contributed by atoms with Crippen LogP contribution >= 0.6 is 0 Å². The lowest BCUT2D eigenvalue weighted by Gasteiger charge is -2.10. The summed E-state index contributed by atoms with van der Waals surface area (Å²) in [6, 6.07) is 1.58. The fraction of sp³-hybridized carbons (Fsp3) is 1.00. The summed E-state index contributed by atoms with van der Waals surface area (Å²) in [4.78, 5) is 2.36. The molecule has 2 atom stereocenters. The summed E-state index contributed by atoms with van der Waals surface area (Å²) in [5.74, 6) is 5.52. The van der Waals surface area contributed by atoms with Gasteiger partial charge < -0.3 is 0 Å². The van der Waals surface area contributed by atoms with Gasteiger partial charge in [0, 0.05) is 25.2 Å². The van der Waals surface area contributed by atoms with E-state index in [1.807, 2.05) is 5.01 Å². The van der Waals surface area contributed by atoms with Crippen LogP contribution in [0.2, 0.25) is 0 Å². The van der Waals surface area contributed by atoms with Crippen LogP contribution < -0.4 is 5.84 Å². The number of hydrazine groups is 1. The molecule has 2 rings (SSSR count). The van der Waals surface area contributed by atoms with Crippen molar-refractivity contribution in [1.29, 1.82) is 0 Å². The molecule has 0 aromatic rings. The molecule has 0 aliphatic carbocycles. The van der Waals surface area contributed by atoms with E-state index in [1.165, 1.54) is 0 Å². The molecule has 8 heavy (non-hydrogen) atoms. The zero-order valence-electron chi connectivity index (χ0n) is 5.04. The highest BCUT2D eigenvalue weighted by Gasteiger charge is 2.50. The van der Waals surface area contributed by atoms with E-state index >= 15 is 0 Å². The van der Waals surface area contributed by atoms with E-state index in [-0.39, 0.29) is 0 Å². The van der Waals surface area contributed by atoms with E-state index < -0.39 is 0 Å². The number of likely N-dealkylation sites (N-methyl/N-ethyl adjacent to an activating group) is 1. The molecule has 2 aliphatic rings. The molecule has 0 saturated carbocycles. The maximum atomic E-state index is 5.52. The van der Waals surface area contributed by atoms with E-state index in [1.54, 1.807) is 0 Å². The van der Waals surface area contributed by atoms with Crippen LogP contribution in [0.1, 0.15) is 0 Å².